The highest BCUT2D eigenvalue weighted by atomic mass is 32.2. The standard InChI is InChI=1S/C18H16F3N3O3S2/c19-18(20,21)14-1-3-15(4-2-14)29(25,26)24-8-5-12(6-9-24)16-22-23-17(27-16)13-7-10-28-11-13/h1-4,7,10-12H,5-6,8-9H2. The Balaban J connectivity index is 1.43. The molecule has 1 saturated heterocycles. The van der Waals surface area contributed by atoms with Gasteiger partial charge in [-0.3, -0.25) is 0 Å². The van der Waals surface area contributed by atoms with Gasteiger partial charge in [-0.2, -0.15) is 28.8 Å². The number of thiophene rings is 1. The third-order valence-corrected chi connectivity index (χ3v) is 7.43. The lowest BCUT2D eigenvalue weighted by Gasteiger charge is -2.29. The summed E-state index contributed by atoms with van der Waals surface area (Å²) in [5.41, 5.74) is -0.0379. The van der Waals surface area contributed by atoms with E-state index in [1.54, 1.807) is 0 Å². The number of alkyl halides is 3. The molecule has 0 radical (unpaired) electrons. The van der Waals surface area contributed by atoms with Crippen molar-refractivity contribution < 1.29 is 26.0 Å². The Morgan fingerprint density at radius 1 is 1.07 bits per heavy atom. The van der Waals surface area contributed by atoms with Gasteiger partial charge in [-0.25, -0.2) is 8.42 Å². The van der Waals surface area contributed by atoms with Gasteiger partial charge >= 0.3 is 6.18 Å². The van der Waals surface area contributed by atoms with Crippen LogP contribution in [0.15, 0.2) is 50.4 Å². The van der Waals surface area contributed by atoms with Crippen LogP contribution >= 0.6 is 11.3 Å². The smallest absolute Gasteiger partial charge is 0.416 e. The van der Waals surface area contributed by atoms with Crippen LogP contribution < -0.4 is 0 Å². The van der Waals surface area contributed by atoms with E-state index in [9.17, 15) is 21.6 Å². The Kier molecular flexibility index (Phi) is 5.21. The molecule has 0 unspecified atom stereocenters. The second-order valence-corrected chi connectivity index (χ2v) is 9.38. The maximum absolute atomic E-state index is 12.7. The molecule has 0 saturated carbocycles. The van der Waals surface area contributed by atoms with Crippen LogP contribution in [0.5, 0.6) is 0 Å². The fourth-order valence-electron chi connectivity index (χ4n) is 3.21. The lowest BCUT2D eigenvalue weighted by molar-refractivity contribution is -0.137. The van der Waals surface area contributed by atoms with Crippen molar-refractivity contribution in [3.05, 3.63) is 52.5 Å². The van der Waals surface area contributed by atoms with E-state index in [2.05, 4.69) is 10.2 Å². The van der Waals surface area contributed by atoms with Crippen molar-refractivity contribution in [1.29, 1.82) is 0 Å². The number of piperidine rings is 1. The summed E-state index contributed by atoms with van der Waals surface area (Å²) in [5, 5.41) is 11.9. The largest absolute Gasteiger partial charge is 0.420 e. The molecule has 0 bridgehead atoms. The minimum atomic E-state index is -4.51. The molecule has 3 aromatic rings. The minimum absolute atomic E-state index is 0.0612. The van der Waals surface area contributed by atoms with Gasteiger partial charge in [-0.15, -0.1) is 10.2 Å². The zero-order chi connectivity index (χ0) is 20.6. The summed E-state index contributed by atoms with van der Waals surface area (Å²) in [6, 6.07) is 5.43. The molecule has 0 amide bonds. The first-order valence-electron chi connectivity index (χ1n) is 8.78. The second-order valence-electron chi connectivity index (χ2n) is 6.66. The summed E-state index contributed by atoms with van der Waals surface area (Å²) in [7, 11) is -3.86. The van der Waals surface area contributed by atoms with Crippen LogP contribution in [-0.2, 0) is 16.2 Å². The number of hydrogen-bond acceptors (Lipinski definition) is 6. The van der Waals surface area contributed by atoms with Crippen molar-refractivity contribution >= 4 is 21.4 Å². The number of rotatable bonds is 4. The SMILES string of the molecule is O=S(=O)(c1ccc(C(F)(F)F)cc1)N1CCC(c2nnc(-c3ccsc3)o2)CC1. The normalized spacial score (nSPS) is 16.9. The number of benzene rings is 1. The van der Waals surface area contributed by atoms with Gasteiger partial charge in [0.15, 0.2) is 0 Å². The maximum atomic E-state index is 12.7. The zero-order valence-electron chi connectivity index (χ0n) is 15.0. The highest BCUT2D eigenvalue weighted by molar-refractivity contribution is 7.89. The predicted octanol–water partition coefficient (Wildman–Crippen LogP) is 4.39. The molecule has 1 aliphatic heterocycles. The monoisotopic (exact) mass is 443 g/mol. The third kappa shape index (κ3) is 4.07. The lowest BCUT2D eigenvalue weighted by Crippen LogP contribution is -2.38. The molecule has 1 aliphatic rings. The molecule has 11 heteroatoms. The van der Waals surface area contributed by atoms with Gasteiger partial charge in [-0.1, -0.05) is 0 Å². The van der Waals surface area contributed by atoms with Crippen LogP contribution in [0.2, 0.25) is 0 Å². The number of hydrogen-bond donors (Lipinski definition) is 0. The van der Waals surface area contributed by atoms with E-state index >= 15 is 0 Å². The van der Waals surface area contributed by atoms with Gasteiger partial charge in [0.1, 0.15) is 0 Å². The molecular formula is C18H16F3N3O3S2. The van der Waals surface area contributed by atoms with Crippen molar-refractivity contribution in [2.45, 2.75) is 29.8 Å². The molecule has 3 heterocycles. The summed E-state index contributed by atoms with van der Waals surface area (Å²) in [5.74, 6) is 0.841. The van der Waals surface area contributed by atoms with Gasteiger partial charge in [0.05, 0.1) is 10.5 Å². The number of halogens is 3. The number of nitrogens with zero attached hydrogens (tertiary/aromatic N) is 3. The number of aromatic nitrogens is 2. The fraction of sp³-hybridized carbons (Fsp3) is 0.333. The van der Waals surface area contributed by atoms with Crippen LogP contribution in [0, 0.1) is 0 Å². The Morgan fingerprint density at radius 2 is 1.76 bits per heavy atom. The van der Waals surface area contributed by atoms with Crippen molar-refractivity contribution in [3.8, 4) is 11.5 Å². The first kappa shape index (κ1) is 20.0. The van der Waals surface area contributed by atoms with Crippen molar-refractivity contribution in [3.63, 3.8) is 0 Å². The first-order chi connectivity index (χ1) is 13.7. The molecule has 0 atom stereocenters. The zero-order valence-corrected chi connectivity index (χ0v) is 16.6. The average Bonchev–Trinajstić information content (AvgIpc) is 3.39. The summed E-state index contributed by atoms with van der Waals surface area (Å²) in [6.45, 7) is 0.453. The van der Waals surface area contributed by atoms with Gasteiger partial charge in [0.2, 0.25) is 21.8 Å². The maximum Gasteiger partial charge on any atom is 0.416 e. The summed E-state index contributed by atoms with van der Waals surface area (Å²) < 4.78 is 70.6. The van der Waals surface area contributed by atoms with Gasteiger partial charge in [0, 0.05) is 30.0 Å². The molecule has 2 aromatic heterocycles. The van der Waals surface area contributed by atoms with E-state index in [0.717, 1.165) is 29.8 Å². The quantitative estimate of drug-likeness (QED) is 0.598. The Hall–Kier alpha value is -2.24. The van der Waals surface area contributed by atoms with Crippen LogP contribution in [-0.4, -0.2) is 36.0 Å². The molecule has 6 nitrogen and oxygen atoms in total. The van der Waals surface area contributed by atoms with E-state index in [1.807, 2.05) is 16.8 Å². The Bertz CT molecular complexity index is 1070. The van der Waals surface area contributed by atoms with Crippen molar-refractivity contribution in [2.75, 3.05) is 13.1 Å². The molecule has 4 rings (SSSR count). The van der Waals surface area contributed by atoms with E-state index in [1.165, 1.54) is 15.6 Å². The Morgan fingerprint density at radius 3 is 2.34 bits per heavy atom. The van der Waals surface area contributed by atoms with Gasteiger partial charge in [-0.05, 0) is 48.6 Å². The molecule has 0 N–H and O–H groups in total. The topological polar surface area (TPSA) is 76.3 Å². The van der Waals surface area contributed by atoms with E-state index in [-0.39, 0.29) is 23.9 Å². The summed E-state index contributed by atoms with van der Waals surface area (Å²) in [6.07, 6.45) is -3.52. The van der Waals surface area contributed by atoms with Crippen LogP contribution in [0.3, 0.4) is 0 Å². The predicted molar refractivity (Wildman–Crippen MR) is 99.8 cm³/mol. The van der Waals surface area contributed by atoms with Crippen molar-refractivity contribution in [2.24, 2.45) is 0 Å². The summed E-state index contributed by atoms with van der Waals surface area (Å²) in [4.78, 5) is -0.151. The Labute approximate surface area is 169 Å². The molecule has 29 heavy (non-hydrogen) atoms. The molecule has 1 fully saturated rings. The van der Waals surface area contributed by atoms with Crippen LogP contribution in [0.1, 0.15) is 30.2 Å². The minimum Gasteiger partial charge on any atom is -0.420 e. The van der Waals surface area contributed by atoms with E-state index in [0.29, 0.717) is 24.6 Å². The van der Waals surface area contributed by atoms with Gasteiger partial charge < -0.3 is 4.42 Å². The molecule has 0 aliphatic carbocycles. The van der Waals surface area contributed by atoms with Crippen LogP contribution in [0.25, 0.3) is 11.5 Å². The van der Waals surface area contributed by atoms with Crippen LogP contribution in [0.4, 0.5) is 13.2 Å². The summed E-state index contributed by atoms with van der Waals surface area (Å²) >= 11 is 1.52. The third-order valence-electron chi connectivity index (χ3n) is 4.83. The lowest BCUT2D eigenvalue weighted by atomic mass is 9.98. The second kappa shape index (κ2) is 7.54. The van der Waals surface area contributed by atoms with E-state index in [4.69, 9.17) is 4.42 Å². The van der Waals surface area contributed by atoms with Gasteiger partial charge in [0.25, 0.3) is 0 Å². The molecular weight excluding hydrogens is 427 g/mol. The number of sulfonamides is 1. The molecule has 154 valence electrons. The van der Waals surface area contributed by atoms with E-state index < -0.39 is 21.8 Å². The molecule has 0 spiro atoms. The first-order valence-corrected chi connectivity index (χ1v) is 11.2. The average molecular weight is 443 g/mol. The molecule has 1 aromatic carbocycles. The van der Waals surface area contributed by atoms with Crippen molar-refractivity contribution in [1.82, 2.24) is 14.5 Å². The highest BCUT2D eigenvalue weighted by Crippen LogP contribution is 2.33. The fourth-order valence-corrected chi connectivity index (χ4v) is 5.31. The highest BCUT2D eigenvalue weighted by Gasteiger charge is 2.34.